The van der Waals surface area contributed by atoms with Gasteiger partial charge in [-0.2, -0.15) is 0 Å². The molecular formula is C14H22O. The Hall–Kier alpha value is -0.820. The summed E-state index contributed by atoms with van der Waals surface area (Å²) in [4.78, 5) is 0. The molecule has 1 N–H and O–H groups in total. The molecule has 0 aliphatic heterocycles. The van der Waals surface area contributed by atoms with Crippen molar-refractivity contribution in [1.82, 2.24) is 0 Å². The van der Waals surface area contributed by atoms with Gasteiger partial charge in [0, 0.05) is 0 Å². The van der Waals surface area contributed by atoms with Crippen LogP contribution in [0.3, 0.4) is 0 Å². The normalized spacial score (nSPS) is 16.1. The molecule has 1 heteroatoms. The molecular weight excluding hydrogens is 184 g/mol. The lowest BCUT2D eigenvalue weighted by molar-refractivity contribution is 0.0153. The van der Waals surface area contributed by atoms with Gasteiger partial charge in [-0.25, -0.2) is 0 Å². The Labute approximate surface area is 93.1 Å². The van der Waals surface area contributed by atoms with E-state index in [4.69, 9.17) is 0 Å². The first kappa shape index (κ1) is 12.3. The number of aryl methyl sites for hydroxylation is 1. The van der Waals surface area contributed by atoms with Crippen molar-refractivity contribution in [3.63, 3.8) is 0 Å². The molecule has 0 aliphatic carbocycles. The molecule has 0 radical (unpaired) electrons. The van der Waals surface area contributed by atoms with Crippen LogP contribution in [-0.2, 0) is 0 Å². The SMILES string of the molecule is Cc1ccc([C@@H](C)[C@@H](C)C(C)(C)O)cc1. The average Bonchev–Trinajstić information content (AvgIpc) is 2.15. The van der Waals surface area contributed by atoms with Gasteiger partial charge >= 0.3 is 0 Å². The lowest BCUT2D eigenvalue weighted by atomic mass is 9.79. The fraction of sp³-hybridized carbons (Fsp3) is 0.571. The van der Waals surface area contributed by atoms with E-state index in [2.05, 4.69) is 45.0 Å². The van der Waals surface area contributed by atoms with Gasteiger partial charge in [-0.3, -0.25) is 0 Å². The van der Waals surface area contributed by atoms with Gasteiger partial charge in [0.1, 0.15) is 0 Å². The fourth-order valence-electron chi connectivity index (χ4n) is 1.77. The van der Waals surface area contributed by atoms with Crippen LogP contribution in [-0.4, -0.2) is 10.7 Å². The Morgan fingerprint density at radius 2 is 1.53 bits per heavy atom. The van der Waals surface area contributed by atoms with E-state index in [0.29, 0.717) is 5.92 Å². The summed E-state index contributed by atoms with van der Waals surface area (Å²) in [6.45, 7) is 10.1. The summed E-state index contributed by atoms with van der Waals surface area (Å²) in [5.74, 6) is 0.630. The lowest BCUT2D eigenvalue weighted by Crippen LogP contribution is -2.32. The number of benzene rings is 1. The minimum Gasteiger partial charge on any atom is -0.390 e. The van der Waals surface area contributed by atoms with Gasteiger partial charge in [0.15, 0.2) is 0 Å². The Bertz CT molecular complexity index is 305. The fourth-order valence-corrected chi connectivity index (χ4v) is 1.77. The maximum atomic E-state index is 9.97. The quantitative estimate of drug-likeness (QED) is 0.802. The summed E-state index contributed by atoms with van der Waals surface area (Å²) in [5, 5.41) is 9.97. The average molecular weight is 206 g/mol. The van der Waals surface area contributed by atoms with Crippen LogP contribution in [0.25, 0.3) is 0 Å². The predicted molar refractivity (Wildman–Crippen MR) is 65.1 cm³/mol. The van der Waals surface area contributed by atoms with Crippen molar-refractivity contribution in [2.45, 2.75) is 46.1 Å². The lowest BCUT2D eigenvalue weighted by Gasteiger charge is -2.31. The van der Waals surface area contributed by atoms with Gasteiger partial charge in [-0.05, 0) is 38.2 Å². The second-order valence-electron chi connectivity index (χ2n) is 5.14. The Morgan fingerprint density at radius 1 is 1.07 bits per heavy atom. The molecule has 0 bridgehead atoms. The number of rotatable bonds is 3. The van der Waals surface area contributed by atoms with E-state index in [1.54, 1.807) is 0 Å². The summed E-state index contributed by atoms with van der Waals surface area (Å²) in [5.41, 5.74) is 1.96. The smallest absolute Gasteiger partial charge is 0.0622 e. The van der Waals surface area contributed by atoms with Crippen molar-refractivity contribution in [3.8, 4) is 0 Å². The zero-order valence-electron chi connectivity index (χ0n) is 10.4. The van der Waals surface area contributed by atoms with Crippen molar-refractivity contribution >= 4 is 0 Å². The predicted octanol–water partition coefficient (Wildman–Crippen LogP) is 3.51. The number of aliphatic hydroxyl groups is 1. The van der Waals surface area contributed by atoms with Gasteiger partial charge in [0.05, 0.1) is 5.60 Å². The minimum absolute atomic E-state index is 0.250. The number of hydrogen-bond acceptors (Lipinski definition) is 1. The van der Waals surface area contributed by atoms with E-state index in [1.165, 1.54) is 11.1 Å². The third-order valence-corrected chi connectivity index (χ3v) is 3.47. The first-order chi connectivity index (χ1) is 6.82. The van der Waals surface area contributed by atoms with Crippen LogP contribution in [0.5, 0.6) is 0 Å². The topological polar surface area (TPSA) is 20.2 Å². The monoisotopic (exact) mass is 206 g/mol. The third kappa shape index (κ3) is 3.07. The summed E-state index contributed by atoms with van der Waals surface area (Å²) in [7, 11) is 0. The van der Waals surface area contributed by atoms with Crippen molar-refractivity contribution in [2.75, 3.05) is 0 Å². The molecule has 1 aromatic carbocycles. The van der Waals surface area contributed by atoms with E-state index in [1.807, 2.05) is 13.8 Å². The number of hydrogen-bond donors (Lipinski definition) is 1. The zero-order chi connectivity index (χ0) is 11.6. The summed E-state index contributed by atoms with van der Waals surface area (Å²) >= 11 is 0. The summed E-state index contributed by atoms with van der Waals surface area (Å²) < 4.78 is 0. The van der Waals surface area contributed by atoms with Gasteiger partial charge in [-0.15, -0.1) is 0 Å². The van der Waals surface area contributed by atoms with Crippen LogP contribution >= 0.6 is 0 Å². The molecule has 0 saturated heterocycles. The molecule has 1 rings (SSSR count). The minimum atomic E-state index is -0.621. The van der Waals surface area contributed by atoms with E-state index in [9.17, 15) is 5.11 Å². The first-order valence-corrected chi connectivity index (χ1v) is 5.61. The highest BCUT2D eigenvalue weighted by Gasteiger charge is 2.28. The molecule has 0 heterocycles. The molecule has 0 spiro atoms. The Kier molecular flexibility index (Phi) is 3.56. The second-order valence-corrected chi connectivity index (χ2v) is 5.14. The second kappa shape index (κ2) is 4.36. The highest BCUT2D eigenvalue weighted by molar-refractivity contribution is 5.24. The van der Waals surface area contributed by atoms with Crippen molar-refractivity contribution in [2.24, 2.45) is 5.92 Å². The van der Waals surface area contributed by atoms with Crippen LogP contribution in [0.1, 0.15) is 44.7 Å². The van der Waals surface area contributed by atoms with Crippen LogP contribution in [0, 0.1) is 12.8 Å². The zero-order valence-corrected chi connectivity index (χ0v) is 10.4. The molecule has 0 aromatic heterocycles. The van der Waals surface area contributed by atoms with Crippen LogP contribution in [0.15, 0.2) is 24.3 Å². The van der Waals surface area contributed by atoms with Gasteiger partial charge < -0.3 is 5.11 Å². The molecule has 0 unspecified atom stereocenters. The van der Waals surface area contributed by atoms with Gasteiger partial charge in [-0.1, -0.05) is 43.7 Å². The third-order valence-electron chi connectivity index (χ3n) is 3.47. The van der Waals surface area contributed by atoms with E-state index >= 15 is 0 Å². The van der Waals surface area contributed by atoms with Gasteiger partial charge in [0.25, 0.3) is 0 Å². The molecule has 2 atom stereocenters. The van der Waals surface area contributed by atoms with E-state index in [0.717, 1.165) is 0 Å². The van der Waals surface area contributed by atoms with Crippen LogP contribution in [0.2, 0.25) is 0 Å². The first-order valence-electron chi connectivity index (χ1n) is 5.61. The molecule has 1 nitrogen and oxygen atoms in total. The highest BCUT2D eigenvalue weighted by atomic mass is 16.3. The van der Waals surface area contributed by atoms with E-state index < -0.39 is 5.60 Å². The summed E-state index contributed by atoms with van der Waals surface area (Å²) in [6, 6.07) is 8.57. The highest BCUT2D eigenvalue weighted by Crippen LogP contribution is 2.31. The molecule has 0 saturated carbocycles. The largest absolute Gasteiger partial charge is 0.390 e. The molecule has 0 amide bonds. The molecule has 1 aromatic rings. The van der Waals surface area contributed by atoms with Crippen molar-refractivity contribution in [3.05, 3.63) is 35.4 Å². The Balaban J connectivity index is 2.85. The summed E-state index contributed by atoms with van der Waals surface area (Å²) in [6.07, 6.45) is 0. The Morgan fingerprint density at radius 3 is 1.93 bits per heavy atom. The maximum absolute atomic E-state index is 9.97. The van der Waals surface area contributed by atoms with E-state index in [-0.39, 0.29) is 5.92 Å². The van der Waals surface area contributed by atoms with Gasteiger partial charge in [0.2, 0.25) is 0 Å². The molecule has 0 fully saturated rings. The molecule has 15 heavy (non-hydrogen) atoms. The van der Waals surface area contributed by atoms with Crippen LogP contribution < -0.4 is 0 Å². The molecule has 84 valence electrons. The van der Waals surface area contributed by atoms with Crippen LogP contribution in [0.4, 0.5) is 0 Å². The molecule has 0 aliphatic rings. The standard InChI is InChI=1S/C14H22O/c1-10-6-8-13(9-7-10)11(2)12(3)14(4,5)15/h6-9,11-12,15H,1-5H3/t11-,12+/m0/s1. The van der Waals surface area contributed by atoms with Crippen molar-refractivity contribution in [1.29, 1.82) is 0 Å². The van der Waals surface area contributed by atoms with Crippen molar-refractivity contribution < 1.29 is 5.11 Å². The maximum Gasteiger partial charge on any atom is 0.0622 e.